The molecule has 0 saturated carbocycles. The van der Waals surface area contributed by atoms with E-state index in [1.54, 1.807) is 0 Å². The van der Waals surface area contributed by atoms with E-state index in [1.807, 2.05) is 0 Å². The van der Waals surface area contributed by atoms with Gasteiger partial charge in [0, 0.05) is 16.9 Å². The predicted octanol–water partition coefficient (Wildman–Crippen LogP) is 10.6. The molecule has 0 radical (unpaired) electrons. The van der Waals surface area contributed by atoms with E-state index in [0.29, 0.717) is 0 Å². The van der Waals surface area contributed by atoms with Crippen molar-refractivity contribution in [1.29, 1.82) is 0 Å². The molecule has 0 saturated heterocycles. The highest BCUT2D eigenvalue weighted by Gasteiger charge is 2.43. The number of hydrogen-bond donors (Lipinski definition) is 0. The number of benzene rings is 5. The van der Waals surface area contributed by atoms with Crippen molar-refractivity contribution >= 4 is 40.2 Å². The number of hydrogen-bond acceptors (Lipinski definition) is 2. The number of fused-ring (bicyclic) bond motifs is 4. The zero-order valence-corrected chi connectivity index (χ0v) is 31.0. The van der Waals surface area contributed by atoms with Crippen molar-refractivity contribution in [2.24, 2.45) is 0 Å². The number of ether oxygens (including phenoxy) is 1. The van der Waals surface area contributed by atoms with Crippen LogP contribution in [0.4, 0.5) is 17.1 Å². The quantitative estimate of drug-likeness (QED) is 0.176. The molecule has 0 amide bonds. The Kier molecular flexibility index (Phi) is 7.33. The first-order valence-corrected chi connectivity index (χ1v) is 17.6. The van der Waals surface area contributed by atoms with E-state index in [1.165, 1.54) is 78.0 Å². The summed E-state index contributed by atoms with van der Waals surface area (Å²) in [6.45, 7) is 27.4. The molecule has 0 N–H and O–H groups in total. The van der Waals surface area contributed by atoms with Crippen molar-refractivity contribution in [3.63, 3.8) is 0 Å². The molecule has 5 aromatic carbocycles. The molecule has 0 fully saturated rings. The summed E-state index contributed by atoms with van der Waals surface area (Å²) < 4.78 is 6.85. The van der Waals surface area contributed by atoms with Crippen LogP contribution in [0.15, 0.2) is 84.9 Å². The Hall–Kier alpha value is -4.24. The maximum Gasteiger partial charge on any atom is 0.256 e. The van der Waals surface area contributed by atoms with Crippen LogP contribution < -0.4 is 26.0 Å². The predicted molar refractivity (Wildman–Crippen MR) is 208 cm³/mol. The summed E-state index contributed by atoms with van der Waals surface area (Å²) in [6.07, 6.45) is 0. The fraction of sp³-hybridized carbons (Fsp3) is 0.333. The molecule has 2 aliphatic rings. The Bertz CT molecular complexity index is 2100. The molecule has 0 bridgehead atoms. The summed E-state index contributed by atoms with van der Waals surface area (Å²) in [7, 11) is 0. The number of aryl methyl sites for hydroxylation is 3. The molecule has 0 atom stereocenters. The van der Waals surface area contributed by atoms with Gasteiger partial charge in [0.15, 0.2) is 0 Å². The van der Waals surface area contributed by atoms with Crippen LogP contribution in [-0.2, 0) is 16.2 Å². The molecule has 0 unspecified atom stereocenters. The first-order valence-electron chi connectivity index (χ1n) is 17.6. The molecular formula is C45H50BNO. The average molecular weight is 632 g/mol. The van der Waals surface area contributed by atoms with Crippen molar-refractivity contribution in [2.45, 2.75) is 99.3 Å². The molecule has 0 spiro atoms. The van der Waals surface area contributed by atoms with E-state index in [9.17, 15) is 0 Å². The van der Waals surface area contributed by atoms with Crippen molar-refractivity contribution < 1.29 is 4.74 Å². The minimum atomic E-state index is 0.00995. The molecule has 48 heavy (non-hydrogen) atoms. The first-order chi connectivity index (χ1) is 22.4. The van der Waals surface area contributed by atoms with E-state index in [2.05, 4.69) is 173 Å². The Morgan fingerprint density at radius 3 is 1.69 bits per heavy atom. The van der Waals surface area contributed by atoms with Crippen molar-refractivity contribution in [2.75, 3.05) is 4.90 Å². The van der Waals surface area contributed by atoms with Gasteiger partial charge in [-0.2, -0.15) is 0 Å². The van der Waals surface area contributed by atoms with Gasteiger partial charge >= 0.3 is 0 Å². The number of nitrogens with zero attached hydrogens (tertiary/aromatic N) is 1. The Morgan fingerprint density at radius 1 is 0.479 bits per heavy atom. The Balaban J connectivity index is 1.58. The fourth-order valence-electron chi connectivity index (χ4n) is 7.61. The van der Waals surface area contributed by atoms with Crippen LogP contribution in [0.1, 0.15) is 95.7 Å². The summed E-state index contributed by atoms with van der Waals surface area (Å²) >= 11 is 0. The largest absolute Gasteiger partial charge is 0.458 e. The van der Waals surface area contributed by atoms with Gasteiger partial charge in [0.2, 0.25) is 0 Å². The van der Waals surface area contributed by atoms with Crippen LogP contribution in [0.5, 0.6) is 11.5 Å². The van der Waals surface area contributed by atoms with Gasteiger partial charge in [0.05, 0.1) is 5.69 Å². The van der Waals surface area contributed by atoms with Gasteiger partial charge in [-0.25, -0.2) is 0 Å². The lowest BCUT2D eigenvalue weighted by Crippen LogP contribution is -2.60. The third kappa shape index (κ3) is 5.36. The van der Waals surface area contributed by atoms with E-state index < -0.39 is 0 Å². The zero-order valence-electron chi connectivity index (χ0n) is 31.0. The highest BCUT2D eigenvalue weighted by atomic mass is 16.5. The standard InChI is InChI=1S/C45H50BNO/c1-27-13-17-33(29(3)21-27)34-24-30(43(4,5)6)14-18-37(34)47-38-19-15-31(44(7,8)9)25-35(38)46-36-26-32(45(10,11)12)16-20-40(36)48-41-23-28(2)22-39(47)42(41)46/h13-26H,1-12H3. The van der Waals surface area contributed by atoms with E-state index in [0.717, 1.165) is 11.5 Å². The SMILES string of the molecule is Cc1ccc(-c2cc(C(C)(C)C)ccc2N2c3ccc(C(C)(C)C)cc3B3c4cc(C(C)(C)C)ccc4Oc4cc(C)cc2c43)c(C)c1. The zero-order chi connectivity index (χ0) is 34.5. The van der Waals surface area contributed by atoms with Crippen LogP contribution >= 0.6 is 0 Å². The summed E-state index contributed by atoms with van der Waals surface area (Å²) in [4.78, 5) is 2.53. The molecule has 0 aromatic heterocycles. The highest BCUT2D eigenvalue weighted by molar-refractivity contribution is 6.99. The topological polar surface area (TPSA) is 12.5 Å². The van der Waals surface area contributed by atoms with Gasteiger partial charge in [0.1, 0.15) is 11.5 Å². The summed E-state index contributed by atoms with van der Waals surface area (Å²) in [5, 5.41) is 0. The normalized spacial score (nSPS) is 13.9. The van der Waals surface area contributed by atoms with Crippen LogP contribution in [-0.4, -0.2) is 6.71 Å². The van der Waals surface area contributed by atoms with Crippen LogP contribution in [0, 0.1) is 20.8 Å². The summed E-state index contributed by atoms with van der Waals surface area (Å²) in [5.74, 6) is 1.92. The second-order valence-corrected chi connectivity index (χ2v) is 17.4. The molecule has 0 aliphatic carbocycles. The van der Waals surface area contributed by atoms with Gasteiger partial charge in [-0.15, -0.1) is 0 Å². The van der Waals surface area contributed by atoms with Crippen molar-refractivity contribution in [3.8, 4) is 22.6 Å². The molecule has 2 heterocycles. The van der Waals surface area contributed by atoms with E-state index >= 15 is 0 Å². The molecule has 2 nitrogen and oxygen atoms in total. The van der Waals surface area contributed by atoms with E-state index in [-0.39, 0.29) is 23.0 Å². The molecule has 3 heteroatoms. The lowest BCUT2D eigenvalue weighted by Gasteiger charge is -2.42. The van der Waals surface area contributed by atoms with Crippen LogP contribution in [0.3, 0.4) is 0 Å². The second-order valence-electron chi connectivity index (χ2n) is 17.4. The molecule has 7 rings (SSSR count). The lowest BCUT2D eigenvalue weighted by molar-refractivity contribution is 0.486. The smallest absolute Gasteiger partial charge is 0.256 e. The fourth-order valence-corrected chi connectivity index (χ4v) is 7.61. The maximum absolute atomic E-state index is 6.85. The average Bonchev–Trinajstić information content (AvgIpc) is 2.99. The van der Waals surface area contributed by atoms with Gasteiger partial charge in [-0.05, 0) is 123 Å². The van der Waals surface area contributed by atoms with Crippen molar-refractivity contribution in [1.82, 2.24) is 0 Å². The maximum atomic E-state index is 6.85. The lowest BCUT2D eigenvalue weighted by atomic mass is 9.33. The molecule has 2 aliphatic heterocycles. The van der Waals surface area contributed by atoms with Gasteiger partial charge in [-0.1, -0.05) is 116 Å². The van der Waals surface area contributed by atoms with Crippen LogP contribution in [0.2, 0.25) is 0 Å². The molecular weight excluding hydrogens is 581 g/mol. The monoisotopic (exact) mass is 631 g/mol. The Morgan fingerprint density at radius 2 is 1.06 bits per heavy atom. The Labute approximate surface area is 289 Å². The number of rotatable bonds is 2. The minimum Gasteiger partial charge on any atom is -0.458 e. The van der Waals surface area contributed by atoms with Crippen LogP contribution in [0.25, 0.3) is 11.1 Å². The van der Waals surface area contributed by atoms with Gasteiger partial charge in [0.25, 0.3) is 6.71 Å². The van der Waals surface area contributed by atoms with Gasteiger partial charge in [-0.3, -0.25) is 0 Å². The summed E-state index contributed by atoms with van der Waals surface area (Å²) in [6, 6.07) is 32.7. The molecule has 244 valence electrons. The number of anilines is 3. The highest BCUT2D eigenvalue weighted by Crippen LogP contribution is 2.47. The third-order valence-electron chi connectivity index (χ3n) is 10.4. The summed E-state index contributed by atoms with van der Waals surface area (Å²) in [5.41, 5.74) is 17.8. The van der Waals surface area contributed by atoms with E-state index in [4.69, 9.17) is 4.74 Å². The first kappa shape index (κ1) is 32.3. The second kappa shape index (κ2) is 10.9. The minimum absolute atomic E-state index is 0.00995. The van der Waals surface area contributed by atoms with Crippen molar-refractivity contribution in [3.05, 3.63) is 118 Å². The molecule has 5 aromatic rings. The third-order valence-corrected chi connectivity index (χ3v) is 10.4. The van der Waals surface area contributed by atoms with Gasteiger partial charge < -0.3 is 9.64 Å².